The van der Waals surface area contributed by atoms with Crippen LogP contribution < -0.4 is 11.4 Å². The van der Waals surface area contributed by atoms with Crippen molar-refractivity contribution >= 4 is 17.9 Å². The number of aromatic nitrogens is 2. The molecule has 2 rings (SSSR count). The van der Waals surface area contributed by atoms with Gasteiger partial charge in [0.2, 0.25) is 0 Å². The van der Waals surface area contributed by atoms with Crippen LogP contribution in [0.5, 0.6) is 0 Å². The minimum absolute atomic E-state index is 0.0657. The molecule has 25 heavy (non-hydrogen) atoms. The molecule has 2 heterocycles. The number of hydrogen-bond acceptors (Lipinski definition) is 8. The summed E-state index contributed by atoms with van der Waals surface area (Å²) in [6.45, 7) is 1.49. The second-order valence-electron chi connectivity index (χ2n) is 5.95. The minimum atomic E-state index is -0.861. The van der Waals surface area contributed by atoms with E-state index in [1.54, 1.807) is 6.08 Å². The molecule has 0 spiro atoms. The van der Waals surface area contributed by atoms with Gasteiger partial charge in [0.1, 0.15) is 18.1 Å². The first kappa shape index (κ1) is 19.1. The van der Waals surface area contributed by atoms with Crippen molar-refractivity contribution < 1.29 is 24.5 Å². The van der Waals surface area contributed by atoms with Crippen molar-refractivity contribution in [3.63, 3.8) is 0 Å². The molecule has 1 aliphatic rings. The minimum Gasteiger partial charge on any atom is -0.469 e. The molecule has 3 atom stereocenters. The van der Waals surface area contributed by atoms with Crippen molar-refractivity contribution in [3.8, 4) is 0 Å². The van der Waals surface area contributed by atoms with Gasteiger partial charge in [-0.05, 0) is 13.3 Å². The summed E-state index contributed by atoms with van der Waals surface area (Å²) in [6, 6.07) is 0. The zero-order chi connectivity index (χ0) is 18.6. The number of esters is 1. The van der Waals surface area contributed by atoms with E-state index in [1.807, 2.05) is 6.92 Å². The van der Waals surface area contributed by atoms with Crippen LogP contribution in [0.4, 0.5) is 5.82 Å². The fraction of sp³-hybridized carbons (Fsp3) is 0.562. The summed E-state index contributed by atoms with van der Waals surface area (Å²) < 4.78 is 11.3. The molecule has 1 aromatic rings. The normalized spacial score (nSPS) is 23.7. The van der Waals surface area contributed by atoms with Crippen LogP contribution in [0.3, 0.4) is 0 Å². The molecule has 0 aromatic carbocycles. The Morgan fingerprint density at radius 3 is 2.88 bits per heavy atom. The highest BCUT2D eigenvalue weighted by Gasteiger charge is 2.35. The molecule has 1 saturated heterocycles. The lowest BCUT2D eigenvalue weighted by Gasteiger charge is -2.15. The Morgan fingerprint density at radius 1 is 1.56 bits per heavy atom. The summed E-state index contributed by atoms with van der Waals surface area (Å²) in [6.07, 6.45) is 1.80. The number of carbonyl (C=O) groups is 1. The average Bonchev–Trinajstić information content (AvgIpc) is 2.95. The van der Waals surface area contributed by atoms with Crippen LogP contribution in [0.2, 0.25) is 0 Å². The summed E-state index contributed by atoms with van der Waals surface area (Å²) in [5.41, 5.74) is 6.58. The van der Waals surface area contributed by atoms with Crippen molar-refractivity contribution in [2.24, 2.45) is 0 Å². The van der Waals surface area contributed by atoms with Crippen LogP contribution in [0.1, 0.15) is 38.0 Å². The van der Waals surface area contributed by atoms with Gasteiger partial charge in [0, 0.05) is 24.6 Å². The molecule has 9 nitrogen and oxygen atoms in total. The Kier molecular flexibility index (Phi) is 6.29. The van der Waals surface area contributed by atoms with E-state index >= 15 is 0 Å². The first-order valence-electron chi connectivity index (χ1n) is 7.92. The number of nitrogen functional groups attached to an aromatic ring is 1. The van der Waals surface area contributed by atoms with Crippen LogP contribution in [0.15, 0.2) is 16.6 Å². The summed E-state index contributed by atoms with van der Waals surface area (Å²) in [5.74, 6) is -0.247. The molecule has 138 valence electrons. The molecule has 0 aliphatic carbocycles. The third-order valence-corrected chi connectivity index (χ3v) is 4.06. The third-order valence-electron chi connectivity index (χ3n) is 4.06. The number of allylic oxidation sites excluding steroid dienone is 1. The summed E-state index contributed by atoms with van der Waals surface area (Å²) in [5, 5.41) is 19.0. The number of methoxy groups -OCH3 is 1. The topological polar surface area (TPSA) is 137 Å². The van der Waals surface area contributed by atoms with Gasteiger partial charge in [-0.3, -0.25) is 9.36 Å². The van der Waals surface area contributed by atoms with Gasteiger partial charge in [0.25, 0.3) is 0 Å². The number of aliphatic hydroxyl groups excluding tert-OH is 2. The predicted octanol–water partition coefficient (Wildman–Crippen LogP) is -0.177. The van der Waals surface area contributed by atoms with Gasteiger partial charge >= 0.3 is 11.7 Å². The molecule has 0 amide bonds. The van der Waals surface area contributed by atoms with Crippen molar-refractivity contribution in [3.05, 3.63) is 27.8 Å². The maximum atomic E-state index is 12.1. The fourth-order valence-corrected chi connectivity index (χ4v) is 2.60. The van der Waals surface area contributed by atoms with E-state index in [-0.39, 0.29) is 31.2 Å². The number of ether oxygens (including phenoxy) is 2. The molecule has 0 radical (unpaired) electrons. The van der Waals surface area contributed by atoms with E-state index < -0.39 is 24.1 Å². The average molecular weight is 353 g/mol. The van der Waals surface area contributed by atoms with E-state index in [0.717, 1.165) is 5.57 Å². The molecule has 0 saturated carbocycles. The van der Waals surface area contributed by atoms with Crippen LogP contribution in [0, 0.1) is 0 Å². The highest BCUT2D eigenvalue weighted by atomic mass is 16.5. The maximum Gasteiger partial charge on any atom is 0.351 e. The van der Waals surface area contributed by atoms with E-state index in [1.165, 1.54) is 17.9 Å². The quantitative estimate of drug-likeness (QED) is 0.599. The van der Waals surface area contributed by atoms with Gasteiger partial charge in [0.05, 0.1) is 19.8 Å². The first-order chi connectivity index (χ1) is 11.8. The zero-order valence-corrected chi connectivity index (χ0v) is 14.2. The first-order valence-corrected chi connectivity index (χ1v) is 7.92. The van der Waals surface area contributed by atoms with Gasteiger partial charge in [-0.1, -0.05) is 11.6 Å². The van der Waals surface area contributed by atoms with Gasteiger partial charge in [-0.25, -0.2) is 4.79 Å². The lowest BCUT2D eigenvalue weighted by molar-refractivity contribution is -0.140. The van der Waals surface area contributed by atoms with Gasteiger partial charge < -0.3 is 25.4 Å². The van der Waals surface area contributed by atoms with Crippen LogP contribution in [-0.4, -0.2) is 51.7 Å². The summed E-state index contributed by atoms with van der Waals surface area (Å²) in [4.78, 5) is 27.1. The number of hydrogen-bond donors (Lipinski definition) is 3. The molecule has 1 aromatic heterocycles. The molecule has 0 unspecified atom stereocenters. The van der Waals surface area contributed by atoms with E-state index in [0.29, 0.717) is 12.0 Å². The van der Waals surface area contributed by atoms with Crippen molar-refractivity contribution in [1.29, 1.82) is 0 Å². The molecule has 1 fully saturated rings. The lowest BCUT2D eigenvalue weighted by Crippen LogP contribution is -2.28. The Hall–Kier alpha value is -2.23. The monoisotopic (exact) mass is 353 g/mol. The van der Waals surface area contributed by atoms with Crippen LogP contribution in [-0.2, 0) is 14.3 Å². The lowest BCUT2D eigenvalue weighted by atomic mass is 10.1. The highest BCUT2D eigenvalue weighted by molar-refractivity contribution is 5.70. The Morgan fingerprint density at radius 2 is 2.28 bits per heavy atom. The van der Waals surface area contributed by atoms with E-state index in [2.05, 4.69) is 9.72 Å². The Bertz CT molecular complexity index is 714. The number of nitrogens with two attached hydrogens (primary N) is 1. The summed E-state index contributed by atoms with van der Waals surface area (Å²) >= 11 is 0. The highest BCUT2D eigenvalue weighted by Crippen LogP contribution is 2.28. The summed E-state index contributed by atoms with van der Waals surface area (Å²) in [7, 11) is 1.33. The number of nitrogens with zero attached hydrogens (tertiary/aromatic N) is 2. The molecular formula is C16H23N3O6. The number of aliphatic hydroxyl groups is 2. The Balaban J connectivity index is 2.23. The maximum absolute atomic E-state index is 12.1. The van der Waals surface area contributed by atoms with Crippen molar-refractivity contribution in [1.82, 2.24) is 9.55 Å². The van der Waals surface area contributed by atoms with Gasteiger partial charge in [0.15, 0.2) is 0 Å². The van der Waals surface area contributed by atoms with Gasteiger partial charge in [-0.2, -0.15) is 4.98 Å². The number of rotatable bonds is 6. The molecule has 0 bridgehead atoms. The number of carbonyl (C=O) groups excluding carboxylic acids is 1. The van der Waals surface area contributed by atoms with Crippen molar-refractivity contribution in [2.45, 2.75) is 44.6 Å². The standard InChI is InChI=1S/C16H23N3O6/c1-9(3-4-14(22)24-2)5-10-7-19(16(23)18-15(10)17)13-6-11(21)12(8-20)25-13/h5,7,11-13,20-21H,3-4,6,8H2,1-2H3,(H2,17,18,23)/b9-5+/t11-,12+,13+/m0/s1. The molecule has 4 N–H and O–H groups in total. The second-order valence-corrected chi connectivity index (χ2v) is 5.95. The molecule has 9 heteroatoms. The predicted molar refractivity (Wildman–Crippen MR) is 89.4 cm³/mol. The van der Waals surface area contributed by atoms with E-state index in [4.69, 9.17) is 15.6 Å². The SMILES string of the molecule is COC(=O)CC/C(C)=C/c1cn([C@H]2C[C@H](O)[C@@H](CO)O2)c(=O)nc1N. The number of anilines is 1. The largest absolute Gasteiger partial charge is 0.469 e. The van der Waals surface area contributed by atoms with E-state index in [9.17, 15) is 14.7 Å². The Labute approximate surface area is 144 Å². The van der Waals surface area contributed by atoms with Crippen molar-refractivity contribution in [2.75, 3.05) is 19.5 Å². The second kappa shape index (κ2) is 8.24. The van der Waals surface area contributed by atoms with Crippen LogP contribution >= 0.6 is 0 Å². The fourth-order valence-electron chi connectivity index (χ4n) is 2.60. The third kappa shape index (κ3) is 4.65. The molecule has 1 aliphatic heterocycles. The smallest absolute Gasteiger partial charge is 0.351 e. The molecular weight excluding hydrogens is 330 g/mol. The van der Waals surface area contributed by atoms with Crippen LogP contribution in [0.25, 0.3) is 6.08 Å². The van der Waals surface area contributed by atoms with Gasteiger partial charge in [-0.15, -0.1) is 0 Å². The zero-order valence-electron chi connectivity index (χ0n) is 14.2.